The highest BCUT2D eigenvalue weighted by molar-refractivity contribution is 5.76. The van der Waals surface area contributed by atoms with Gasteiger partial charge in [0.1, 0.15) is 0 Å². The average molecular weight is 255 g/mol. The Bertz CT molecular complexity index is 263. The van der Waals surface area contributed by atoms with Crippen LogP contribution < -0.4 is 0 Å². The summed E-state index contributed by atoms with van der Waals surface area (Å²) in [6, 6.07) is 2.03. The molecule has 0 aromatic carbocycles. The van der Waals surface area contributed by atoms with Crippen LogP contribution in [0.15, 0.2) is 0 Å². The van der Waals surface area contributed by atoms with Crippen LogP contribution in [0.2, 0.25) is 0 Å². The van der Waals surface area contributed by atoms with Crippen LogP contribution in [0.25, 0.3) is 0 Å². The minimum Gasteiger partial charge on any atom is -0.396 e. The standard InChI is InChI=1S/C13H25N3O2/c1-15(9-4-3-5-12-17)11-7-13(18)16(2)10-6-8-14/h17H,3-7,9-12H2,1-2H3. The van der Waals surface area contributed by atoms with Gasteiger partial charge in [-0.3, -0.25) is 4.79 Å². The third kappa shape index (κ3) is 8.97. The quantitative estimate of drug-likeness (QED) is 0.587. The van der Waals surface area contributed by atoms with E-state index in [1.807, 2.05) is 13.1 Å². The average Bonchev–Trinajstić information content (AvgIpc) is 2.38. The van der Waals surface area contributed by atoms with Gasteiger partial charge in [0.25, 0.3) is 0 Å². The fraction of sp³-hybridized carbons (Fsp3) is 0.846. The summed E-state index contributed by atoms with van der Waals surface area (Å²) < 4.78 is 0. The van der Waals surface area contributed by atoms with Gasteiger partial charge in [-0.05, 0) is 32.9 Å². The van der Waals surface area contributed by atoms with Crippen molar-refractivity contribution in [3.63, 3.8) is 0 Å². The maximum absolute atomic E-state index is 11.7. The molecule has 0 radical (unpaired) electrons. The first-order chi connectivity index (χ1) is 8.61. The summed E-state index contributed by atoms with van der Waals surface area (Å²) in [4.78, 5) is 15.4. The molecule has 0 spiro atoms. The number of carbonyl (C=O) groups is 1. The summed E-state index contributed by atoms with van der Waals surface area (Å²) in [5.41, 5.74) is 0. The van der Waals surface area contributed by atoms with Gasteiger partial charge >= 0.3 is 0 Å². The molecule has 1 N–H and O–H groups in total. The van der Waals surface area contributed by atoms with Crippen molar-refractivity contribution in [2.45, 2.75) is 32.1 Å². The van der Waals surface area contributed by atoms with Gasteiger partial charge in [-0.1, -0.05) is 0 Å². The Kier molecular flexibility index (Phi) is 10.3. The van der Waals surface area contributed by atoms with Crippen LogP contribution in [0.5, 0.6) is 0 Å². The molecule has 0 unspecified atom stereocenters. The summed E-state index contributed by atoms with van der Waals surface area (Å²) in [5.74, 6) is 0.0902. The van der Waals surface area contributed by atoms with Crippen molar-refractivity contribution in [1.82, 2.24) is 9.80 Å². The largest absolute Gasteiger partial charge is 0.396 e. The molecule has 104 valence electrons. The molecule has 0 rings (SSSR count). The summed E-state index contributed by atoms with van der Waals surface area (Å²) in [6.07, 6.45) is 3.81. The number of nitriles is 1. The topological polar surface area (TPSA) is 67.6 Å². The van der Waals surface area contributed by atoms with Crippen LogP contribution in [0.3, 0.4) is 0 Å². The molecular weight excluding hydrogens is 230 g/mol. The zero-order chi connectivity index (χ0) is 13.8. The second kappa shape index (κ2) is 11.0. The first kappa shape index (κ1) is 16.9. The highest BCUT2D eigenvalue weighted by Crippen LogP contribution is 1.99. The van der Waals surface area contributed by atoms with Gasteiger partial charge in [-0.15, -0.1) is 0 Å². The molecule has 0 aliphatic carbocycles. The van der Waals surface area contributed by atoms with E-state index in [1.54, 1.807) is 11.9 Å². The van der Waals surface area contributed by atoms with Gasteiger partial charge in [0.15, 0.2) is 0 Å². The maximum atomic E-state index is 11.7. The number of unbranched alkanes of at least 4 members (excludes halogenated alkanes) is 2. The number of hydrogen-bond acceptors (Lipinski definition) is 4. The minimum atomic E-state index is 0.0902. The van der Waals surface area contributed by atoms with Gasteiger partial charge in [0, 0.05) is 33.2 Å². The number of hydrogen-bond donors (Lipinski definition) is 1. The van der Waals surface area contributed by atoms with Crippen LogP contribution in [-0.2, 0) is 4.79 Å². The lowest BCUT2D eigenvalue weighted by atomic mass is 10.2. The van der Waals surface area contributed by atoms with Crippen LogP contribution in [0.1, 0.15) is 32.1 Å². The second-order valence-electron chi connectivity index (χ2n) is 4.56. The monoisotopic (exact) mass is 255 g/mol. The molecule has 0 fully saturated rings. The molecule has 0 aliphatic rings. The molecule has 0 heterocycles. The molecule has 18 heavy (non-hydrogen) atoms. The molecule has 0 saturated carbocycles. The van der Waals surface area contributed by atoms with Crippen molar-refractivity contribution in [3.05, 3.63) is 0 Å². The highest BCUT2D eigenvalue weighted by Gasteiger charge is 2.09. The third-order valence-electron chi connectivity index (χ3n) is 2.89. The molecule has 0 saturated heterocycles. The number of amides is 1. The predicted molar refractivity (Wildman–Crippen MR) is 70.9 cm³/mol. The van der Waals surface area contributed by atoms with Gasteiger partial charge < -0.3 is 14.9 Å². The molecular formula is C13H25N3O2. The zero-order valence-electron chi connectivity index (χ0n) is 11.6. The molecule has 0 aromatic heterocycles. The van der Waals surface area contributed by atoms with E-state index in [9.17, 15) is 4.79 Å². The van der Waals surface area contributed by atoms with Crippen LogP contribution in [-0.4, -0.2) is 61.2 Å². The zero-order valence-corrected chi connectivity index (χ0v) is 11.6. The van der Waals surface area contributed by atoms with E-state index in [0.29, 0.717) is 19.4 Å². The lowest BCUT2D eigenvalue weighted by Gasteiger charge is -2.19. The van der Waals surface area contributed by atoms with Gasteiger partial charge in [0.2, 0.25) is 5.91 Å². The minimum absolute atomic E-state index is 0.0902. The number of rotatable bonds is 10. The van der Waals surface area contributed by atoms with Crippen LogP contribution in [0.4, 0.5) is 0 Å². The summed E-state index contributed by atoms with van der Waals surface area (Å²) in [5, 5.41) is 17.1. The summed E-state index contributed by atoms with van der Waals surface area (Å²) in [6.45, 7) is 2.46. The van der Waals surface area contributed by atoms with E-state index >= 15 is 0 Å². The fourth-order valence-electron chi connectivity index (χ4n) is 1.60. The van der Waals surface area contributed by atoms with Crippen molar-refractivity contribution in [3.8, 4) is 6.07 Å². The number of carbonyl (C=O) groups excluding carboxylic acids is 1. The molecule has 0 aliphatic heterocycles. The van der Waals surface area contributed by atoms with Crippen molar-refractivity contribution in [2.24, 2.45) is 0 Å². The predicted octanol–water partition coefficient (Wildman–Crippen LogP) is 0.843. The molecule has 0 atom stereocenters. The molecule has 1 amide bonds. The maximum Gasteiger partial charge on any atom is 0.223 e. The summed E-state index contributed by atoms with van der Waals surface area (Å²) in [7, 11) is 3.74. The third-order valence-corrected chi connectivity index (χ3v) is 2.89. The Hall–Kier alpha value is -1.12. The lowest BCUT2D eigenvalue weighted by Crippen LogP contribution is -2.31. The first-order valence-electron chi connectivity index (χ1n) is 6.52. The second-order valence-corrected chi connectivity index (χ2v) is 4.56. The van der Waals surface area contributed by atoms with Crippen molar-refractivity contribution >= 4 is 5.91 Å². The first-order valence-corrected chi connectivity index (χ1v) is 6.52. The van der Waals surface area contributed by atoms with Gasteiger partial charge in [-0.2, -0.15) is 5.26 Å². The molecule has 5 heteroatoms. The smallest absolute Gasteiger partial charge is 0.223 e. The van der Waals surface area contributed by atoms with Crippen LogP contribution in [0, 0.1) is 11.3 Å². The van der Waals surface area contributed by atoms with E-state index in [2.05, 4.69) is 4.90 Å². The number of nitrogens with zero attached hydrogens (tertiary/aromatic N) is 3. The van der Waals surface area contributed by atoms with E-state index in [-0.39, 0.29) is 12.5 Å². The van der Waals surface area contributed by atoms with E-state index < -0.39 is 0 Å². The number of aliphatic hydroxyl groups excluding tert-OH is 1. The highest BCUT2D eigenvalue weighted by atomic mass is 16.2. The molecule has 0 bridgehead atoms. The lowest BCUT2D eigenvalue weighted by molar-refractivity contribution is -0.130. The van der Waals surface area contributed by atoms with Gasteiger partial charge in [0.05, 0.1) is 12.5 Å². The molecule has 5 nitrogen and oxygen atoms in total. The van der Waals surface area contributed by atoms with Gasteiger partial charge in [-0.25, -0.2) is 0 Å². The van der Waals surface area contributed by atoms with Crippen molar-refractivity contribution < 1.29 is 9.90 Å². The fourth-order valence-corrected chi connectivity index (χ4v) is 1.60. The summed E-state index contributed by atoms with van der Waals surface area (Å²) >= 11 is 0. The Morgan fingerprint density at radius 3 is 2.50 bits per heavy atom. The normalized spacial score (nSPS) is 10.4. The van der Waals surface area contributed by atoms with Crippen molar-refractivity contribution in [2.75, 3.05) is 40.3 Å². The molecule has 0 aromatic rings. The Morgan fingerprint density at radius 1 is 1.17 bits per heavy atom. The Labute approximate surface area is 110 Å². The SMILES string of the molecule is CN(CCCCCO)CCC(=O)N(C)CCC#N. The van der Waals surface area contributed by atoms with Crippen molar-refractivity contribution in [1.29, 1.82) is 5.26 Å². The van der Waals surface area contributed by atoms with E-state index in [4.69, 9.17) is 10.4 Å². The van der Waals surface area contributed by atoms with Crippen LogP contribution >= 0.6 is 0 Å². The number of aliphatic hydroxyl groups is 1. The van der Waals surface area contributed by atoms with E-state index in [1.165, 1.54) is 0 Å². The Morgan fingerprint density at radius 2 is 1.89 bits per heavy atom. The Balaban J connectivity index is 3.61. The van der Waals surface area contributed by atoms with E-state index in [0.717, 1.165) is 32.4 Å².